The van der Waals surface area contributed by atoms with Crippen LogP contribution in [0, 0.1) is 17.3 Å². The number of aliphatic hydroxyl groups is 1. The predicted octanol–water partition coefficient (Wildman–Crippen LogP) is 4.47. The number of hydrogen-bond donors (Lipinski definition) is 1. The minimum atomic E-state index is -0.0696. The SMILES string of the molecule is C=CCOc1ccc2c(c1)CC[C@H]1[C@H]2CC[C@]2(C)C[C@@H](O)C[C@@H]12. The molecule has 1 aromatic rings. The van der Waals surface area contributed by atoms with E-state index >= 15 is 0 Å². The first-order chi connectivity index (χ1) is 11.1. The van der Waals surface area contributed by atoms with Gasteiger partial charge in [-0.1, -0.05) is 25.6 Å². The zero-order chi connectivity index (χ0) is 16.0. The standard InChI is InChI=1S/C21H28O2/c1-3-10-23-16-5-7-17-14(11-16)4-6-19-18(17)8-9-21(2)13-15(22)12-20(19)21/h3,5,7,11,15,18-20,22H,1,4,6,8-10,12-13H2,2H3/t15-,18-,19-,20-,21+/m0/s1. The highest BCUT2D eigenvalue weighted by atomic mass is 16.5. The molecule has 0 aromatic heterocycles. The Morgan fingerprint density at radius 2 is 2.26 bits per heavy atom. The Kier molecular flexibility index (Phi) is 3.76. The van der Waals surface area contributed by atoms with E-state index in [1.165, 1.54) is 24.8 Å². The summed E-state index contributed by atoms with van der Waals surface area (Å²) in [6, 6.07) is 6.67. The fraction of sp³-hybridized carbons (Fsp3) is 0.619. The van der Waals surface area contributed by atoms with Gasteiger partial charge in [-0.05, 0) is 85.0 Å². The number of fused-ring (bicyclic) bond motifs is 5. The second kappa shape index (κ2) is 5.66. The van der Waals surface area contributed by atoms with Crippen LogP contribution in [0.5, 0.6) is 5.75 Å². The van der Waals surface area contributed by atoms with Crippen molar-refractivity contribution in [1.29, 1.82) is 0 Å². The van der Waals surface area contributed by atoms with Crippen LogP contribution in [0.25, 0.3) is 0 Å². The average molecular weight is 312 g/mol. The van der Waals surface area contributed by atoms with Gasteiger partial charge in [0, 0.05) is 0 Å². The Morgan fingerprint density at radius 1 is 1.39 bits per heavy atom. The number of aliphatic hydroxyl groups excluding tert-OH is 1. The average Bonchev–Trinajstić information content (AvgIpc) is 2.86. The molecule has 23 heavy (non-hydrogen) atoms. The molecule has 0 radical (unpaired) electrons. The van der Waals surface area contributed by atoms with E-state index in [0.29, 0.717) is 23.9 Å². The maximum atomic E-state index is 10.2. The minimum Gasteiger partial charge on any atom is -0.490 e. The van der Waals surface area contributed by atoms with Crippen LogP contribution in [-0.2, 0) is 6.42 Å². The maximum absolute atomic E-state index is 10.2. The number of aryl methyl sites for hydroxylation is 1. The third-order valence-corrected chi connectivity index (χ3v) is 6.81. The number of rotatable bonds is 3. The van der Waals surface area contributed by atoms with Gasteiger partial charge in [0.2, 0.25) is 0 Å². The van der Waals surface area contributed by atoms with Gasteiger partial charge in [-0.15, -0.1) is 0 Å². The Labute approximate surface area is 139 Å². The van der Waals surface area contributed by atoms with Gasteiger partial charge in [-0.25, -0.2) is 0 Å². The molecule has 4 rings (SSSR count). The highest BCUT2D eigenvalue weighted by Crippen LogP contribution is 2.60. The molecule has 0 unspecified atom stereocenters. The van der Waals surface area contributed by atoms with Crippen LogP contribution in [0.4, 0.5) is 0 Å². The fourth-order valence-electron chi connectivity index (χ4n) is 5.83. The topological polar surface area (TPSA) is 29.5 Å². The van der Waals surface area contributed by atoms with Crippen LogP contribution in [0.2, 0.25) is 0 Å². The van der Waals surface area contributed by atoms with E-state index < -0.39 is 0 Å². The van der Waals surface area contributed by atoms with Crippen molar-refractivity contribution in [1.82, 2.24) is 0 Å². The molecule has 1 N–H and O–H groups in total. The third kappa shape index (κ3) is 2.52. The molecule has 3 aliphatic carbocycles. The molecule has 2 nitrogen and oxygen atoms in total. The molecule has 1 aromatic carbocycles. The summed E-state index contributed by atoms with van der Waals surface area (Å²) in [4.78, 5) is 0. The van der Waals surface area contributed by atoms with Crippen LogP contribution < -0.4 is 4.74 Å². The smallest absolute Gasteiger partial charge is 0.120 e. The van der Waals surface area contributed by atoms with Gasteiger partial charge in [0.25, 0.3) is 0 Å². The lowest BCUT2D eigenvalue weighted by molar-refractivity contribution is 0.0595. The monoisotopic (exact) mass is 312 g/mol. The van der Waals surface area contributed by atoms with Crippen LogP contribution in [-0.4, -0.2) is 17.8 Å². The highest BCUT2D eigenvalue weighted by molar-refractivity contribution is 5.40. The van der Waals surface area contributed by atoms with Crippen molar-refractivity contribution in [3.05, 3.63) is 42.0 Å². The molecule has 0 bridgehead atoms. The highest BCUT2D eigenvalue weighted by Gasteiger charge is 2.52. The molecule has 2 fully saturated rings. The van der Waals surface area contributed by atoms with Gasteiger partial charge >= 0.3 is 0 Å². The largest absolute Gasteiger partial charge is 0.490 e. The number of benzene rings is 1. The summed E-state index contributed by atoms with van der Waals surface area (Å²) in [5.74, 6) is 3.13. The molecule has 2 heteroatoms. The molecule has 0 aliphatic heterocycles. The van der Waals surface area contributed by atoms with E-state index in [4.69, 9.17) is 4.74 Å². The second-order valence-corrected chi connectivity index (χ2v) is 8.16. The van der Waals surface area contributed by atoms with Crippen molar-refractivity contribution < 1.29 is 9.84 Å². The van der Waals surface area contributed by atoms with Crippen molar-refractivity contribution in [2.75, 3.05) is 6.61 Å². The zero-order valence-electron chi connectivity index (χ0n) is 14.1. The fourth-order valence-corrected chi connectivity index (χ4v) is 5.83. The predicted molar refractivity (Wildman–Crippen MR) is 92.8 cm³/mol. The zero-order valence-corrected chi connectivity index (χ0v) is 14.1. The summed E-state index contributed by atoms with van der Waals surface area (Å²) in [5.41, 5.74) is 3.41. The lowest BCUT2D eigenvalue weighted by atomic mass is 9.56. The maximum Gasteiger partial charge on any atom is 0.120 e. The molecule has 0 heterocycles. The Morgan fingerprint density at radius 3 is 3.09 bits per heavy atom. The first kappa shape index (κ1) is 15.3. The van der Waals surface area contributed by atoms with Gasteiger partial charge < -0.3 is 9.84 Å². The summed E-state index contributed by atoms with van der Waals surface area (Å²) in [7, 11) is 0. The molecule has 0 amide bonds. The van der Waals surface area contributed by atoms with Crippen LogP contribution in [0.15, 0.2) is 30.9 Å². The molecular formula is C21H28O2. The minimum absolute atomic E-state index is 0.0696. The lowest BCUT2D eigenvalue weighted by Crippen LogP contribution is -2.39. The van der Waals surface area contributed by atoms with E-state index in [2.05, 4.69) is 31.7 Å². The summed E-state index contributed by atoms with van der Waals surface area (Å²) in [6.07, 6.45) is 8.74. The number of ether oxygens (including phenoxy) is 1. The normalized spacial score (nSPS) is 38.3. The van der Waals surface area contributed by atoms with Gasteiger partial charge in [0.15, 0.2) is 0 Å². The van der Waals surface area contributed by atoms with Crippen molar-refractivity contribution in [2.24, 2.45) is 17.3 Å². The quantitative estimate of drug-likeness (QED) is 0.835. The van der Waals surface area contributed by atoms with Crippen LogP contribution in [0.1, 0.15) is 56.1 Å². The van der Waals surface area contributed by atoms with E-state index in [-0.39, 0.29) is 6.10 Å². The van der Waals surface area contributed by atoms with Gasteiger partial charge in [0.05, 0.1) is 6.10 Å². The van der Waals surface area contributed by atoms with E-state index in [1.807, 2.05) is 0 Å². The van der Waals surface area contributed by atoms with E-state index in [0.717, 1.165) is 30.9 Å². The molecule has 0 spiro atoms. The molecule has 5 atom stereocenters. The van der Waals surface area contributed by atoms with Crippen LogP contribution in [0.3, 0.4) is 0 Å². The van der Waals surface area contributed by atoms with Crippen molar-refractivity contribution in [2.45, 2.75) is 57.5 Å². The van der Waals surface area contributed by atoms with Crippen LogP contribution >= 0.6 is 0 Å². The third-order valence-electron chi connectivity index (χ3n) is 6.81. The summed E-state index contributed by atoms with van der Waals surface area (Å²) < 4.78 is 5.71. The van der Waals surface area contributed by atoms with Gasteiger partial charge in [0.1, 0.15) is 12.4 Å². The molecule has 0 saturated heterocycles. The van der Waals surface area contributed by atoms with Gasteiger partial charge in [-0.3, -0.25) is 0 Å². The number of hydrogen-bond acceptors (Lipinski definition) is 2. The summed E-state index contributed by atoms with van der Waals surface area (Å²) in [6.45, 7) is 6.71. The Bertz CT molecular complexity index is 608. The summed E-state index contributed by atoms with van der Waals surface area (Å²) >= 11 is 0. The van der Waals surface area contributed by atoms with Crippen molar-refractivity contribution >= 4 is 0 Å². The van der Waals surface area contributed by atoms with Gasteiger partial charge in [-0.2, -0.15) is 0 Å². The van der Waals surface area contributed by atoms with E-state index in [1.54, 1.807) is 11.6 Å². The second-order valence-electron chi connectivity index (χ2n) is 8.16. The summed E-state index contributed by atoms with van der Waals surface area (Å²) in [5, 5.41) is 10.2. The van der Waals surface area contributed by atoms with Crippen molar-refractivity contribution in [3.8, 4) is 5.75 Å². The molecular weight excluding hydrogens is 284 g/mol. The molecule has 3 aliphatic rings. The molecule has 2 saturated carbocycles. The lowest BCUT2D eigenvalue weighted by Gasteiger charge is -2.49. The van der Waals surface area contributed by atoms with E-state index in [9.17, 15) is 5.11 Å². The first-order valence-electron chi connectivity index (χ1n) is 9.15. The first-order valence-corrected chi connectivity index (χ1v) is 9.15. The Hall–Kier alpha value is -1.28. The van der Waals surface area contributed by atoms with Crippen molar-refractivity contribution in [3.63, 3.8) is 0 Å². The molecule has 124 valence electrons. The Balaban J connectivity index is 1.60.